The van der Waals surface area contributed by atoms with Crippen molar-refractivity contribution in [2.45, 2.75) is 44.4 Å². The Kier molecular flexibility index (Phi) is 6.67. The van der Waals surface area contributed by atoms with Crippen molar-refractivity contribution in [1.29, 1.82) is 0 Å². The number of hydrogen-bond donors (Lipinski definition) is 0. The summed E-state index contributed by atoms with van der Waals surface area (Å²) in [4.78, 5) is 16.3. The summed E-state index contributed by atoms with van der Waals surface area (Å²) < 4.78 is 61.2. The van der Waals surface area contributed by atoms with E-state index in [1.807, 2.05) is 31.2 Å². The Hall–Kier alpha value is -4.16. The minimum Gasteiger partial charge on any atom is -0.489 e. The average molecular weight is 534 g/mol. The molecule has 0 radical (unpaired) electrons. The number of benzene rings is 2. The van der Waals surface area contributed by atoms with E-state index in [4.69, 9.17) is 14.2 Å². The first-order valence-electron chi connectivity index (χ1n) is 12.0. The van der Waals surface area contributed by atoms with Gasteiger partial charge in [0.2, 0.25) is 0 Å². The van der Waals surface area contributed by atoms with E-state index in [0.717, 1.165) is 5.69 Å². The third kappa shape index (κ3) is 5.87. The van der Waals surface area contributed by atoms with E-state index < -0.39 is 16.9 Å². The quantitative estimate of drug-likeness (QED) is 0.295. The van der Waals surface area contributed by atoms with Gasteiger partial charge in [0.25, 0.3) is 0 Å². The first-order chi connectivity index (χ1) is 18.1. The molecule has 0 bridgehead atoms. The van der Waals surface area contributed by atoms with Gasteiger partial charge in [-0.15, -0.1) is 13.2 Å². The molecule has 0 unspecified atom stereocenters. The monoisotopic (exact) mass is 534 g/mol. The van der Waals surface area contributed by atoms with E-state index in [9.17, 15) is 23.3 Å². The highest BCUT2D eigenvalue weighted by molar-refractivity contribution is 5.49. The van der Waals surface area contributed by atoms with Gasteiger partial charge >= 0.3 is 18.2 Å². The number of ether oxygens (including phenoxy) is 4. The molecule has 0 aliphatic carbocycles. The van der Waals surface area contributed by atoms with Crippen LogP contribution in [-0.2, 0) is 6.54 Å². The van der Waals surface area contributed by atoms with Crippen LogP contribution in [0, 0.1) is 10.1 Å². The molecule has 3 heterocycles. The minimum absolute atomic E-state index is 0.0754. The van der Waals surface area contributed by atoms with Gasteiger partial charge in [0, 0.05) is 36.6 Å². The Bertz CT molecular complexity index is 1270. The first-order valence-corrected chi connectivity index (χ1v) is 12.0. The maximum absolute atomic E-state index is 12.7. The summed E-state index contributed by atoms with van der Waals surface area (Å²) in [5, 5.41) is 10.9. The second kappa shape index (κ2) is 9.95. The van der Waals surface area contributed by atoms with Crippen molar-refractivity contribution >= 4 is 11.5 Å². The molecule has 1 aromatic heterocycles. The lowest BCUT2D eigenvalue weighted by Crippen LogP contribution is -2.38. The van der Waals surface area contributed by atoms with Gasteiger partial charge in [-0.25, -0.2) is 0 Å². The van der Waals surface area contributed by atoms with Crippen molar-refractivity contribution in [2.75, 3.05) is 24.6 Å². The summed E-state index contributed by atoms with van der Waals surface area (Å²) in [6.07, 6.45) is -2.39. The lowest BCUT2D eigenvalue weighted by atomic mass is 10.1. The highest BCUT2D eigenvalue weighted by Gasteiger charge is 2.41. The van der Waals surface area contributed by atoms with Gasteiger partial charge in [0.05, 0.1) is 6.54 Å². The van der Waals surface area contributed by atoms with Crippen LogP contribution in [0.5, 0.6) is 23.3 Å². The Labute approximate surface area is 215 Å². The van der Waals surface area contributed by atoms with Crippen LogP contribution >= 0.6 is 0 Å². The zero-order valence-electron chi connectivity index (χ0n) is 20.4. The van der Waals surface area contributed by atoms with E-state index in [1.54, 1.807) is 10.6 Å². The fourth-order valence-electron chi connectivity index (χ4n) is 4.51. The van der Waals surface area contributed by atoms with Crippen molar-refractivity contribution in [3.05, 3.63) is 64.8 Å². The van der Waals surface area contributed by atoms with Gasteiger partial charge < -0.3 is 34.0 Å². The molecule has 0 amide bonds. The number of anilines is 1. The fraction of sp³-hybridized carbons (Fsp3) is 0.400. The molecule has 1 fully saturated rings. The number of rotatable bonds is 8. The van der Waals surface area contributed by atoms with Crippen molar-refractivity contribution in [1.82, 2.24) is 9.55 Å². The number of alkyl halides is 3. The Morgan fingerprint density at radius 2 is 1.82 bits per heavy atom. The molecule has 202 valence electrons. The number of fused-ring (bicyclic) bond motifs is 1. The predicted octanol–water partition coefficient (Wildman–Crippen LogP) is 4.97. The maximum atomic E-state index is 12.7. The lowest BCUT2D eigenvalue weighted by molar-refractivity contribution is -0.389. The second-order valence-corrected chi connectivity index (χ2v) is 9.40. The van der Waals surface area contributed by atoms with Gasteiger partial charge in [0.1, 0.15) is 24.7 Å². The van der Waals surface area contributed by atoms with E-state index in [2.05, 4.69) is 14.6 Å². The number of piperidine rings is 1. The first kappa shape index (κ1) is 25.5. The number of halogens is 3. The third-order valence-corrected chi connectivity index (χ3v) is 6.31. The maximum Gasteiger partial charge on any atom is 0.573 e. The summed E-state index contributed by atoms with van der Waals surface area (Å²) >= 11 is 0. The molecular weight excluding hydrogens is 509 g/mol. The number of nitrogens with zero attached hydrogens (tertiary/aromatic N) is 4. The van der Waals surface area contributed by atoms with Crippen LogP contribution in [0.2, 0.25) is 0 Å². The van der Waals surface area contributed by atoms with Crippen LogP contribution in [0.15, 0.2) is 54.7 Å². The van der Waals surface area contributed by atoms with Crippen molar-refractivity contribution in [2.24, 2.45) is 0 Å². The van der Waals surface area contributed by atoms with Gasteiger partial charge in [-0.1, -0.05) is 12.1 Å². The number of para-hydroxylation sites is 2. The molecule has 0 saturated carbocycles. The normalized spacial score (nSPS) is 19.5. The lowest BCUT2D eigenvalue weighted by Gasteiger charge is -2.34. The summed E-state index contributed by atoms with van der Waals surface area (Å²) in [7, 11) is 0. The van der Waals surface area contributed by atoms with Gasteiger partial charge in [0.15, 0.2) is 17.1 Å². The summed E-state index contributed by atoms with van der Waals surface area (Å²) in [6, 6.07) is 13.6. The minimum atomic E-state index is -4.78. The standard InChI is InChI=1S/C25H25F3N4O6/c1-24(15-31-14-22(32(33)34)29-23(31)38-24)16-35-18-8-6-17(7-9-18)30-12-10-19(11-13-30)36-20-4-2-3-5-21(20)37-25(26,27)28/h2-9,14,19H,10-13,15-16H2,1H3/t24-/m1/s1. The smallest absolute Gasteiger partial charge is 0.489 e. The molecule has 38 heavy (non-hydrogen) atoms. The second-order valence-electron chi connectivity index (χ2n) is 9.40. The Morgan fingerprint density at radius 1 is 1.13 bits per heavy atom. The van der Waals surface area contributed by atoms with Crippen LogP contribution < -0.4 is 23.8 Å². The van der Waals surface area contributed by atoms with Crippen molar-refractivity contribution in [3.8, 4) is 23.3 Å². The Balaban J connectivity index is 1.11. The largest absolute Gasteiger partial charge is 0.573 e. The number of aromatic nitrogens is 2. The molecule has 1 saturated heterocycles. The Morgan fingerprint density at radius 3 is 2.45 bits per heavy atom. The topological polar surface area (TPSA) is 101 Å². The van der Waals surface area contributed by atoms with Gasteiger partial charge in [-0.3, -0.25) is 4.57 Å². The van der Waals surface area contributed by atoms with E-state index in [-0.39, 0.29) is 36.0 Å². The predicted molar refractivity (Wildman–Crippen MR) is 129 cm³/mol. The summed E-state index contributed by atoms with van der Waals surface area (Å²) in [6.45, 7) is 3.81. The highest BCUT2D eigenvalue weighted by atomic mass is 19.4. The molecule has 2 aromatic carbocycles. The number of nitro groups is 1. The average Bonchev–Trinajstić information content (AvgIpc) is 3.40. The zero-order valence-corrected chi connectivity index (χ0v) is 20.4. The van der Waals surface area contributed by atoms with Crippen LogP contribution in [0.25, 0.3) is 0 Å². The van der Waals surface area contributed by atoms with Crippen molar-refractivity contribution in [3.63, 3.8) is 0 Å². The molecule has 2 aliphatic rings. The van der Waals surface area contributed by atoms with Crippen LogP contribution in [0.3, 0.4) is 0 Å². The SMILES string of the molecule is C[C@]1(COc2ccc(N3CCC(Oc4ccccc4OC(F)(F)F)CC3)cc2)Cn2cc([N+](=O)[O-])nc2O1. The van der Waals surface area contributed by atoms with Crippen molar-refractivity contribution < 1.29 is 37.0 Å². The molecule has 1 atom stereocenters. The fourth-order valence-corrected chi connectivity index (χ4v) is 4.51. The van der Waals surface area contributed by atoms with E-state index in [0.29, 0.717) is 38.2 Å². The summed E-state index contributed by atoms with van der Waals surface area (Å²) in [5.41, 5.74) is 0.286. The molecule has 0 N–H and O–H groups in total. The molecule has 0 spiro atoms. The zero-order chi connectivity index (χ0) is 26.9. The van der Waals surface area contributed by atoms with Crippen LogP contribution in [0.1, 0.15) is 19.8 Å². The molecule has 13 heteroatoms. The number of hydrogen-bond acceptors (Lipinski definition) is 8. The van der Waals surface area contributed by atoms with Crippen LogP contribution in [0.4, 0.5) is 24.7 Å². The van der Waals surface area contributed by atoms with E-state index in [1.165, 1.54) is 24.4 Å². The van der Waals surface area contributed by atoms with E-state index >= 15 is 0 Å². The molecule has 10 nitrogen and oxygen atoms in total. The van der Waals surface area contributed by atoms with Crippen LogP contribution in [-0.4, -0.2) is 52.2 Å². The molecule has 2 aliphatic heterocycles. The van der Waals surface area contributed by atoms with Gasteiger partial charge in [-0.2, -0.15) is 0 Å². The number of imidazole rings is 1. The molecule has 5 rings (SSSR count). The van der Waals surface area contributed by atoms with Gasteiger partial charge in [-0.05, 0) is 48.2 Å². The highest BCUT2D eigenvalue weighted by Crippen LogP contribution is 2.35. The summed E-state index contributed by atoms with van der Waals surface area (Å²) in [5.74, 6) is 0.121. The third-order valence-electron chi connectivity index (χ3n) is 6.31. The molecule has 3 aromatic rings. The molecular formula is C25H25F3N4O6.